The Kier molecular flexibility index (Phi) is 2.89. The molecule has 0 atom stereocenters. The van der Waals surface area contributed by atoms with E-state index in [1.165, 1.54) is 12.8 Å². The molecule has 1 saturated heterocycles. The lowest BCUT2D eigenvalue weighted by Gasteiger charge is -2.14. The van der Waals surface area contributed by atoms with Crippen LogP contribution in [0.3, 0.4) is 0 Å². The summed E-state index contributed by atoms with van der Waals surface area (Å²) in [7, 11) is 0. The highest BCUT2D eigenvalue weighted by molar-refractivity contribution is 5.78. The molecule has 0 aromatic heterocycles. The van der Waals surface area contributed by atoms with Gasteiger partial charge in [-0.3, -0.25) is 4.99 Å². The lowest BCUT2D eigenvalue weighted by atomic mass is 10.4. The molecule has 0 bridgehead atoms. The van der Waals surface area contributed by atoms with Crippen molar-refractivity contribution in [1.29, 1.82) is 0 Å². The summed E-state index contributed by atoms with van der Waals surface area (Å²) in [4.78, 5) is 9.69. The summed E-state index contributed by atoms with van der Waals surface area (Å²) in [5, 5.41) is 0. The Balaban J connectivity index is 2.38. The molecule has 0 spiro atoms. The highest BCUT2D eigenvalue weighted by Crippen LogP contribution is 2.05. The molecule has 4 heteroatoms. The molecule has 0 aromatic carbocycles. The summed E-state index contributed by atoms with van der Waals surface area (Å²) in [6.45, 7) is 5.77. The highest BCUT2D eigenvalue weighted by atomic mass is 15.3. The van der Waals surface area contributed by atoms with Gasteiger partial charge >= 0.3 is 0 Å². The molecule has 1 heterocycles. The third-order valence-corrected chi connectivity index (χ3v) is 1.76. The van der Waals surface area contributed by atoms with Crippen LogP contribution in [-0.4, -0.2) is 37.3 Å². The van der Waals surface area contributed by atoms with Gasteiger partial charge in [0.1, 0.15) is 6.67 Å². The Bertz CT molecular complexity index is 158. The van der Waals surface area contributed by atoms with Gasteiger partial charge in [-0.1, -0.05) is 0 Å². The summed E-state index contributed by atoms with van der Waals surface area (Å²) < 4.78 is 0. The minimum absolute atomic E-state index is 0.377. The number of nitrogens with zero attached hydrogens (tertiary/aromatic N) is 3. The van der Waals surface area contributed by atoms with E-state index in [4.69, 9.17) is 5.73 Å². The molecular formula is C7H14N4. The van der Waals surface area contributed by atoms with E-state index in [0.717, 1.165) is 13.1 Å². The zero-order chi connectivity index (χ0) is 8.10. The number of aliphatic imine (C=N–C) groups is 2. The molecule has 2 N–H and O–H groups in total. The van der Waals surface area contributed by atoms with Gasteiger partial charge in [0, 0.05) is 13.1 Å². The second-order valence-electron chi connectivity index (χ2n) is 2.58. The number of rotatable bonds is 2. The van der Waals surface area contributed by atoms with Crippen molar-refractivity contribution >= 4 is 12.7 Å². The first-order valence-corrected chi connectivity index (χ1v) is 3.82. The van der Waals surface area contributed by atoms with Gasteiger partial charge in [-0.25, -0.2) is 4.99 Å². The fraction of sp³-hybridized carbons (Fsp3) is 0.714. The molecule has 1 rings (SSSR count). The Morgan fingerprint density at radius 1 is 1.45 bits per heavy atom. The van der Waals surface area contributed by atoms with Gasteiger partial charge < -0.3 is 10.6 Å². The van der Waals surface area contributed by atoms with Crippen LogP contribution in [0.15, 0.2) is 9.98 Å². The maximum atomic E-state index is 5.65. The van der Waals surface area contributed by atoms with Crippen LogP contribution in [0.5, 0.6) is 0 Å². The number of hydrogen-bond acceptors (Lipinski definition) is 2. The lowest BCUT2D eigenvalue weighted by molar-refractivity contribution is 0.511. The molecular weight excluding hydrogens is 140 g/mol. The molecule has 62 valence electrons. The van der Waals surface area contributed by atoms with Crippen LogP contribution in [0, 0.1) is 0 Å². The maximum absolute atomic E-state index is 5.65. The van der Waals surface area contributed by atoms with E-state index in [0.29, 0.717) is 12.6 Å². The third kappa shape index (κ3) is 2.22. The number of guanidine groups is 1. The smallest absolute Gasteiger partial charge is 0.193 e. The summed E-state index contributed by atoms with van der Waals surface area (Å²) in [6, 6.07) is 0. The summed E-state index contributed by atoms with van der Waals surface area (Å²) in [5.41, 5.74) is 5.65. The Labute approximate surface area is 66.8 Å². The fourth-order valence-corrected chi connectivity index (χ4v) is 1.17. The van der Waals surface area contributed by atoms with Crippen molar-refractivity contribution in [3.63, 3.8) is 0 Å². The second kappa shape index (κ2) is 3.95. The number of likely N-dealkylation sites (tertiary alicyclic amines) is 1. The average molecular weight is 154 g/mol. The predicted octanol–water partition coefficient (Wildman–Crippen LogP) is 0.0550. The van der Waals surface area contributed by atoms with Crippen molar-refractivity contribution in [3.05, 3.63) is 0 Å². The van der Waals surface area contributed by atoms with Crippen molar-refractivity contribution in [2.45, 2.75) is 12.8 Å². The SMILES string of the molecule is C=NCN=C(N)N1CCCC1. The quantitative estimate of drug-likeness (QED) is 0.451. The van der Waals surface area contributed by atoms with Crippen molar-refractivity contribution in [1.82, 2.24) is 4.90 Å². The van der Waals surface area contributed by atoms with E-state index in [9.17, 15) is 0 Å². The van der Waals surface area contributed by atoms with Gasteiger partial charge in [0.15, 0.2) is 5.96 Å². The molecule has 0 amide bonds. The van der Waals surface area contributed by atoms with E-state index in [2.05, 4.69) is 21.6 Å². The molecule has 0 unspecified atom stereocenters. The number of hydrogen-bond donors (Lipinski definition) is 1. The minimum Gasteiger partial charge on any atom is -0.370 e. The molecule has 0 aromatic rings. The fourth-order valence-electron chi connectivity index (χ4n) is 1.17. The van der Waals surface area contributed by atoms with E-state index in [1.54, 1.807) is 0 Å². The topological polar surface area (TPSA) is 54.0 Å². The molecule has 11 heavy (non-hydrogen) atoms. The van der Waals surface area contributed by atoms with E-state index in [1.807, 2.05) is 0 Å². The second-order valence-corrected chi connectivity index (χ2v) is 2.58. The summed E-state index contributed by atoms with van der Waals surface area (Å²) in [6.07, 6.45) is 2.44. The molecule has 0 radical (unpaired) electrons. The minimum atomic E-state index is 0.377. The summed E-state index contributed by atoms with van der Waals surface area (Å²) >= 11 is 0. The zero-order valence-corrected chi connectivity index (χ0v) is 6.66. The van der Waals surface area contributed by atoms with Crippen LogP contribution in [0.25, 0.3) is 0 Å². The van der Waals surface area contributed by atoms with Crippen LogP contribution < -0.4 is 5.73 Å². The van der Waals surface area contributed by atoms with Crippen LogP contribution in [-0.2, 0) is 0 Å². The van der Waals surface area contributed by atoms with Crippen LogP contribution in [0.1, 0.15) is 12.8 Å². The Hall–Kier alpha value is -1.06. The van der Waals surface area contributed by atoms with Crippen LogP contribution in [0.4, 0.5) is 0 Å². The maximum Gasteiger partial charge on any atom is 0.193 e. The first-order chi connectivity index (χ1) is 5.34. The third-order valence-electron chi connectivity index (χ3n) is 1.76. The van der Waals surface area contributed by atoms with Gasteiger partial charge in [0.25, 0.3) is 0 Å². The Morgan fingerprint density at radius 2 is 2.09 bits per heavy atom. The summed E-state index contributed by atoms with van der Waals surface area (Å²) in [5.74, 6) is 0.606. The molecule has 0 saturated carbocycles. The van der Waals surface area contributed by atoms with Crippen molar-refractivity contribution in [3.8, 4) is 0 Å². The lowest BCUT2D eigenvalue weighted by Crippen LogP contribution is -2.34. The van der Waals surface area contributed by atoms with Crippen molar-refractivity contribution < 1.29 is 0 Å². The molecule has 1 aliphatic heterocycles. The van der Waals surface area contributed by atoms with Crippen LogP contribution in [0.2, 0.25) is 0 Å². The number of nitrogens with two attached hydrogens (primary N) is 1. The van der Waals surface area contributed by atoms with Gasteiger partial charge in [-0.2, -0.15) is 0 Å². The largest absolute Gasteiger partial charge is 0.370 e. The van der Waals surface area contributed by atoms with Crippen LogP contribution >= 0.6 is 0 Å². The molecule has 4 nitrogen and oxygen atoms in total. The zero-order valence-electron chi connectivity index (χ0n) is 6.66. The monoisotopic (exact) mass is 154 g/mol. The molecule has 0 aliphatic carbocycles. The molecule has 1 fully saturated rings. The predicted molar refractivity (Wildman–Crippen MR) is 46.8 cm³/mol. The van der Waals surface area contributed by atoms with E-state index in [-0.39, 0.29) is 0 Å². The van der Waals surface area contributed by atoms with E-state index < -0.39 is 0 Å². The first-order valence-electron chi connectivity index (χ1n) is 3.82. The van der Waals surface area contributed by atoms with E-state index >= 15 is 0 Å². The first kappa shape index (κ1) is 8.04. The van der Waals surface area contributed by atoms with Gasteiger partial charge in [0.2, 0.25) is 0 Å². The van der Waals surface area contributed by atoms with Gasteiger partial charge in [-0.15, -0.1) is 0 Å². The van der Waals surface area contributed by atoms with Crippen molar-refractivity contribution in [2.75, 3.05) is 19.8 Å². The normalized spacial score (nSPS) is 18.9. The van der Waals surface area contributed by atoms with Gasteiger partial charge in [0.05, 0.1) is 0 Å². The van der Waals surface area contributed by atoms with Gasteiger partial charge in [-0.05, 0) is 19.6 Å². The molecule has 1 aliphatic rings. The standard InChI is InChI=1S/C7H14N4/c1-9-6-10-7(8)11-4-2-3-5-11/h1-6H2,(H2,8,10). The average Bonchev–Trinajstić information content (AvgIpc) is 2.52. The highest BCUT2D eigenvalue weighted by Gasteiger charge is 2.12. The Morgan fingerprint density at radius 3 is 2.64 bits per heavy atom. The van der Waals surface area contributed by atoms with Crippen molar-refractivity contribution in [2.24, 2.45) is 15.7 Å².